The Labute approximate surface area is 179 Å². The summed E-state index contributed by atoms with van der Waals surface area (Å²) in [5.74, 6) is 1.25. The zero-order chi connectivity index (χ0) is 18.9. The molecule has 9 heteroatoms. The summed E-state index contributed by atoms with van der Waals surface area (Å²) in [5.41, 5.74) is 1.74. The lowest BCUT2D eigenvalue weighted by Gasteiger charge is -2.13. The van der Waals surface area contributed by atoms with Crippen LogP contribution in [0.5, 0.6) is 11.5 Å². The topological polar surface area (TPSA) is 54.9 Å². The quantitative estimate of drug-likeness (QED) is 0.311. The van der Waals surface area contributed by atoms with Gasteiger partial charge in [-0.15, -0.1) is 35.3 Å². The highest BCUT2D eigenvalue weighted by atomic mass is 127. The first-order valence-electron chi connectivity index (χ1n) is 8.20. The van der Waals surface area contributed by atoms with E-state index in [2.05, 4.69) is 33.4 Å². The van der Waals surface area contributed by atoms with Crippen molar-refractivity contribution >= 4 is 41.3 Å². The van der Waals surface area contributed by atoms with Crippen molar-refractivity contribution in [3.05, 3.63) is 45.6 Å². The van der Waals surface area contributed by atoms with Crippen LogP contribution in [0.1, 0.15) is 22.9 Å². The van der Waals surface area contributed by atoms with Crippen molar-refractivity contribution < 1.29 is 18.3 Å². The zero-order valence-corrected chi connectivity index (χ0v) is 18.6. The van der Waals surface area contributed by atoms with Crippen LogP contribution < -0.4 is 20.1 Å². The molecule has 0 spiro atoms. The molecule has 0 aliphatic rings. The third-order valence-electron chi connectivity index (χ3n) is 3.62. The molecule has 5 nitrogen and oxygen atoms in total. The zero-order valence-electron chi connectivity index (χ0n) is 15.4. The summed E-state index contributed by atoms with van der Waals surface area (Å²) in [6.45, 7) is 2.64. The summed E-state index contributed by atoms with van der Waals surface area (Å²) in [6, 6.07) is 6.75. The molecule has 0 amide bonds. The number of rotatable bonds is 8. The molecule has 150 valence electrons. The second-order valence-corrected chi connectivity index (χ2v) is 6.43. The summed E-state index contributed by atoms with van der Waals surface area (Å²) in [7, 11) is 1.52. The summed E-state index contributed by atoms with van der Waals surface area (Å²) in [6.07, 6.45) is 0. The highest BCUT2D eigenvalue weighted by Crippen LogP contribution is 2.26. The number of guanidine groups is 1. The lowest BCUT2D eigenvalue weighted by atomic mass is 10.2. The molecular weight excluding hydrogens is 487 g/mol. The lowest BCUT2D eigenvalue weighted by Crippen LogP contribution is -2.36. The first-order valence-corrected chi connectivity index (χ1v) is 9.08. The Morgan fingerprint density at radius 2 is 2.04 bits per heavy atom. The van der Waals surface area contributed by atoms with Gasteiger partial charge in [-0.05, 0) is 49.1 Å². The van der Waals surface area contributed by atoms with Crippen LogP contribution in [0.3, 0.4) is 0 Å². The number of halogens is 3. The van der Waals surface area contributed by atoms with Crippen LogP contribution in [0.25, 0.3) is 0 Å². The van der Waals surface area contributed by atoms with Gasteiger partial charge in [0.05, 0.1) is 20.2 Å². The molecule has 0 saturated carbocycles. The predicted molar refractivity (Wildman–Crippen MR) is 116 cm³/mol. The number of aryl methyl sites for hydroxylation is 1. The van der Waals surface area contributed by atoms with Crippen LogP contribution in [0.15, 0.2) is 34.6 Å². The van der Waals surface area contributed by atoms with Crippen LogP contribution in [0, 0.1) is 6.92 Å². The van der Waals surface area contributed by atoms with E-state index in [1.54, 1.807) is 23.5 Å². The number of hydrogen-bond donors (Lipinski definition) is 2. The molecule has 0 aliphatic heterocycles. The lowest BCUT2D eigenvalue weighted by molar-refractivity contribution is -0.0504. The van der Waals surface area contributed by atoms with Crippen molar-refractivity contribution in [1.82, 2.24) is 10.6 Å². The van der Waals surface area contributed by atoms with E-state index in [0.29, 0.717) is 30.4 Å². The van der Waals surface area contributed by atoms with E-state index in [1.165, 1.54) is 23.6 Å². The van der Waals surface area contributed by atoms with Crippen LogP contribution in [-0.4, -0.2) is 26.2 Å². The molecule has 2 aromatic rings. The third-order valence-corrected chi connectivity index (χ3v) is 4.64. The number of ether oxygens (including phenoxy) is 2. The van der Waals surface area contributed by atoms with Gasteiger partial charge >= 0.3 is 6.61 Å². The van der Waals surface area contributed by atoms with E-state index in [0.717, 1.165) is 0 Å². The van der Waals surface area contributed by atoms with Gasteiger partial charge in [-0.1, -0.05) is 0 Å². The van der Waals surface area contributed by atoms with E-state index in [-0.39, 0.29) is 36.3 Å². The van der Waals surface area contributed by atoms with Crippen LogP contribution in [0.4, 0.5) is 8.78 Å². The number of benzene rings is 1. The van der Waals surface area contributed by atoms with Crippen molar-refractivity contribution in [2.75, 3.05) is 13.7 Å². The molecule has 1 aromatic heterocycles. The molecule has 0 aliphatic carbocycles. The Morgan fingerprint density at radius 1 is 1.26 bits per heavy atom. The number of aliphatic imine (C=N–C) groups is 1. The third kappa shape index (κ3) is 7.49. The summed E-state index contributed by atoms with van der Waals surface area (Å²) in [5, 5.41) is 8.44. The van der Waals surface area contributed by atoms with Crippen molar-refractivity contribution in [3.8, 4) is 11.5 Å². The van der Waals surface area contributed by atoms with Crippen molar-refractivity contribution in [2.45, 2.75) is 33.5 Å². The second-order valence-electron chi connectivity index (χ2n) is 5.43. The van der Waals surface area contributed by atoms with E-state index < -0.39 is 6.61 Å². The molecule has 0 bridgehead atoms. The molecule has 1 heterocycles. The van der Waals surface area contributed by atoms with Crippen LogP contribution in [0.2, 0.25) is 0 Å². The van der Waals surface area contributed by atoms with Crippen LogP contribution in [-0.2, 0) is 13.1 Å². The van der Waals surface area contributed by atoms with Gasteiger partial charge in [0.1, 0.15) is 11.5 Å². The van der Waals surface area contributed by atoms with Gasteiger partial charge in [0, 0.05) is 17.0 Å². The summed E-state index contributed by atoms with van der Waals surface area (Å²) < 4.78 is 34.9. The largest absolute Gasteiger partial charge is 0.497 e. The fourth-order valence-electron chi connectivity index (χ4n) is 2.27. The fraction of sp³-hybridized carbons (Fsp3) is 0.389. The van der Waals surface area contributed by atoms with E-state index in [1.807, 2.05) is 12.3 Å². The first kappa shape index (κ1) is 23.4. The van der Waals surface area contributed by atoms with Gasteiger partial charge in [0.25, 0.3) is 0 Å². The van der Waals surface area contributed by atoms with Gasteiger partial charge in [-0.3, -0.25) is 0 Å². The number of nitrogens with zero attached hydrogens (tertiary/aromatic N) is 1. The SMILES string of the molecule is CCNC(=NCc1cc(OC)ccc1OC(F)F)NCc1sccc1C.I. The molecule has 0 atom stereocenters. The minimum absolute atomic E-state index is 0. The second kappa shape index (κ2) is 12.0. The first-order chi connectivity index (χ1) is 12.5. The number of hydrogen-bond acceptors (Lipinski definition) is 4. The predicted octanol–water partition coefficient (Wildman–Crippen LogP) is 4.54. The van der Waals surface area contributed by atoms with Gasteiger partial charge in [0.2, 0.25) is 0 Å². The molecule has 1 aromatic carbocycles. The van der Waals surface area contributed by atoms with E-state index in [9.17, 15) is 8.78 Å². The monoisotopic (exact) mass is 511 g/mol. The van der Waals surface area contributed by atoms with Gasteiger partial charge in [-0.2, -0.15) is 8.78 Å². The summed E-state index contributed by atoms with van der Waals surface area (Å²) >= 11 is 1.67. The maximum absolute atomic E-state index is 12.6. The smallest absolute Gasteiger partial charge is 0.387 e. The molecule has 0 unspecified atom stereocenters. The fourth-order valence-corrected chi connectivity index (χ4v) is 3.12. The van der Waals surface area contributed by atoms with Crippen molar-refractivity contribution in [3.63, 3.8) is 0 Å². The van der Waals surface area contributed by atoms with Crippen molar-refractivity contribution in [1.29, 1.82) is 0 Å². The molecule has 27 heavy (non-hydrogen) atoms. The average molecular weight is 511 g/mol. The highest BCUT2D eigenvalue weighted by molar-refractivity contribution is 14.0. The Kier molecular flexibility index (Phi) is 10.4. The van der Waals surface area contributed by atoms with Crippen LogP contribution >= 0.6 is 35.3 Å². The summed E-state index contributed by atoms with van der Waals surface area (Å²) in [4.78, 5) is 5.70. The standard InChI is InChI=1S/C18H23F2N3O2S.HI/c1-4-21-18(23-11-16-12(2)7-8-26-16)22-10-13-9-14(24-3)5-6-15(13)25-17(19)20;/h5-9,17H,4,10-11H2,1-3H3,(H2,21,22,23);1H. The average Bonchev–Trinajstić information content (AvgIpc) is 3.03. The molecule has 0 fully saturated rings. The number of nitrogens with one attached hydrogen (secondary N) is 2. The number of methoxy groups -OCH3 is 1. The molecule has 0 radical (unpaired) electrons. The molecule has 2 N–H and O–H groups in total. The normalized spacial score (nSPS) is 11.1. The Hall–Kier alpha value is -1.62. The van der Waals surface area contributed by atoms with Gasteiger partial charge in [-0.25, -0.2) is 4.99 Å². The Balaban J connectivity index is 0.00000364. The van der Waals surface area contributed by atoms with E-state index in [4.69, 9.17) is 4.74 Å². The minimum Gasteiger partial charge on any atom is -0.497 e. The van der Waals surface area contributed by atoms with Crippen molar-refractivity contribution in [2.24, 2.45) is 4.99 Å². The highest BCUT2D eigenvalue weighted by Gasteiger charge is 2.11. The molecule has 0 saturated heterocycles. The van der Waals surface area contributed by atoms with E-state index >= 15 is 0 Å². The number of alkyl halides is 2. The molecular formula is C18H24F2IN3O2S. The Bertz CT molecular complexity index is 741. The molecule has 2 rings (SSSR count). The van der Waals surface area contributed by atoms with Gasteiger partial charge < -0.3 is 20.1 Å². The Morgan fingerprint density at radius 3 is 2.63 bits per heavy atom. The maximum atomic E-state index is 12.6. The van der Waals surface area contributed by atoms with Gasteiger partial charge in [0.15, 0.2) is 5.96 Å². The number of thiophene rings is 1. The minimum atomic E-state index is -2.89. The maximum Gasteiger partial charge on any atom is 0.387 e.